The summed E-state index contributed by atoms with van der Waals surface area (Å²) in [5.74, 6) is 1.42. The van der Waals surface area contributed by atoms with E-state index >= 15 is 0 Å². The highest BCUT2D eigenvalue weighted by Gasteiger charge is 2.11. The van der Waals surface area contributed by atoms with Crippen molar-refractivity contribution in [2.45, 2.75) is 26.8 Å². The van der Waals surface area contributed by atoms with E-state index in [0.29, 0.717) is 5.69 Å². The van der Waals surface area contributed by atoms with E-state index < -0.39 is 0 Å². The number of anilines is 1. The Labute approximate surface area is 100 Å². The molecule has 0 saturated heterocycles. The van der Waals surface area contributed by atoms with Crippen LogP contribution in [0.1, 0.15) is 30.0 Å². The van der Waals surface area contributed by atoms with Crippen molar-refractivity contribution in [3.63, 3.8) is 0 Å². The third kappa shape index (κ3) is 2.67. The SMILES string of the molecule is Cc1ccc(F)c(NC(C)c2ccc(C)o2)c1. The Kier molecular flexibility index (Phi) is 3.18. The molecule has 1 aromatic heterocycles. The zero-order chi connectivity index (χ0) is 12.4. The lowest BCUT2D eigenvalue weighted by molar-refractivity contribution is 0.466. The summed E-state index contributed by atoms with van der Waals surface area (Å²) in [7, 11) is 0. The maximum absolute atomic E-state index is 13.6. The Morgan fingerprint density at radius 3 is 2.59 bits per heavy atom. The van der Waals surface area contributed by atoms with Crippen molar-refractivity contribution < 1.29 is 8.81 Å². The van der Waals surface area contributed by atoms with Crippen LogP contribution in [0.25, 0.3) is 0 Å². The number of nitrogens with one attached hydrogen (secondary N) is 1. The Balaban J connectivity index is 2.18. The number of halogens is 1. The molecule has 2 aromatic rings. The molecule has 0 aliphatic heterocycles. The number of hydrogen-bond donors (Lipinski definition) is 1. The molecule has 0 spiro atoms. The van der Waals surface area contributed by atoms with Crippen molar-refractivity contribution in [3.8, 4) is 0 Å². The topological polar surface area (TPSA) is 25.2 Å². The van der Waals surface area contributed by atoms with Crippen molar-refractivity contribution in [3.05, 3.63) is 53.2 Å². The van der Waals surface area contributed by atoms with Gasteiger partial charge in [0.05, 0.1) is 11.7 Å². The van der Waals surface area contributed by atoms with Crippen LogP contribution in [0.2, 0.25) is 0 Å². The number of furan rings is 1. The van der Waals surface area contributed by atoms with Gasteiger partial charge in [0.2, 0.25) is 0 Å². The molecule has 2 rings (SSSR count). The van der Waals surface area contributed by atoms with E-state index in [4.69, 9.17) is 4.42 Å². The van der Waals surface area contributed by atoms with Crippen LogP contribution in [0.3, 0.4) is 0 Å². The standard InChI is InChI=1S/C14H16FNO/c1-9-4-6-12(15)13(8-9)16-11(3)14-7-5-10(2)17-14/h4-8,11,16H,1-3H3. The fourth-order valence-corrected chi connectivity index (χ4v) is 1.74. The highest BCUT2D eigenvalue weighted by Crippen LogP contribution is 2.23. The molecular weight excluding hydrogens is 217 g/mol. The largest absolute Gasteiger partial charge is 0.464 e. The minimum Gasteiger partial charge on any atom is -0.464 e. The van der Waals surface area contributed by atoms with E-state index in [1.807, 2.05) is 32.9 Å². The summed E-state index contributed by atoms with van der Waals surface area (Å²) < 4.78 is 19.1. The monoisotopic (exact) mass is 233 g/mol. The summed E-state index contributed by atoms with van der Waals surface area (Å²) in [6.07, 6.45) is 0. The number of hydrogen-bond acceptors (Lipinski definition) is 2. The van der Waals surface area contributed by atoms with Crippen molar-refractivity contribution in [1.29, 1.82) is 0 Å². The van der Waals surface area contributed by atoms with Gasteiger partial charge in [-0.05, 0) is 50.6 Å². The second kappa shape index (κ2) is 4.62. The van der Waals surface area contributed by atoms with Crippen LogP contribution in [-0.2, 0) is 0 Å². The third-order valence-corrected chi connectivity index (χ3v) is 2.68. The molecule has 0 bridgehead atoms. The lowest BCUT2D eigenvalue weighted by atomic mass is 10.2. The quantitative estimate of drug-likeness (QED) is 0.859. The van der Waals surface area contributed by atoms with Gasteiger partial charge < -0.3 is 9.73 Å². The predicted octanol–water partition coefficient (Wildman–Crippen LogP) is 4.21. The van der Waals surface area contributed by atoms with Gasteiger partial charge in [-0.2, -0.15) is 0 Å². The van der Waals surface area contributed by atoms with Crippen LogP contribution in [0.15, 0.2) is 34.7 Å². The Morgan fingerprint density at radius 2 is 1.94 bits per heavy atom. The van der Waals surface area contributed by atoms with Crippen LogP contribution in [-0.4, -0.2) is 0 Å². The second-order valence-electron chi connectivity index (χ2n) is 4.30. The van der Waals surface area contributed by atoms with Crippen molar-refractivity contribution in [2.24, 2.45) is 0 Å². The van der Waals surface area contributed by atoms with Gasteiger partial charge in [0.15, 0.2) is 0 Å². The van der Waals surface area contributed by atoms with Gasteiger partial charge in [-0.1, -0.05) is 6.07 Å². The minimum absolute atomic E-state index is 0.0556. The molecule has 1 N–H and O–H groups in total. The van der Waals surface area contributed by atoms with E-state index in [0.717, 1.165) is 17.1 Å². The van der Waals surface area contributed by atoms with Gasteiger partial charge in [-0.25, -0.2) is 4.39 Å². The molecule has 0 aliphatic carbocycles. The molecule has 0 radical (unpaired) electrons. The summed E-state index contributed by atoms with van der Waals surface area (Å²) in [6, 6.07) is 8.77. The van der Waals surface area contributed by atoms with Gasteiger partial charge in [0, 0.05) is 0 Å². The Hall–Kier alpha value is -1.77. The molecule has 1 unspecified atom stereocenters. The number of benzene rings is 1. The maximum atomic E-state index is 13.6. The maximum Gasteiger partial charge on any atom is 0.146 e. The molecule has 0 saturated carbocycles. The Bertz CT molecular complexity index is 519. The summed E-state index contributed by atoms with van der Waals surface area (Å²) in [6.45, 7) is 5.77. The first kappa shape index (κ1) is 11.7. The molecule has 17 heavy (non-hydrogen) atoms. The van der Waals surface area contributed by atoms with Gasteiger partial charge >= 0.3 is 0 Å². The lowest BCUT2D eigenvalue weighted by Gasteiger charge is -2.14. The van der Waals surface area contributed by atoms with E-state index in [9.17, 15) is 4.39 Å². The van der Waals surface area contributed by atoms with Crippen molar-refractivity contribution >= 4 is 5.69 Å². The van der Waals surface area contributed by atoms with Crippen LogP contribution >= 0.6 is 0 Å². The highest BCUT2D eigenvalue weighted by atomic mass is 19.1. The third-order valence-electron chi connectivity index (χ3n) is 2.68. The summed E-state index contributed by atoms with van der Waals surface area (Å²) in [4.78, 5) is 0. The normalized spacial score (nSPS) is 12.5. The summed E-state index contributed by atoms with van der Waals surface area (Å²) >= 11 is 0. The molecule has 0 fully saturated rings. The van der Waals surface area contributed by atoms with Gasteiger partial charge in [0.25, 0.3) is 0 Å². The number of aryl methyl sites for hydroxylation is 2. The van der Waals surface area contributed by atoms with E-state index in [2.05, 4.69) is 5.32 Å². The molecule has 1 atom stereocenters. The molecule has 1 aromatic carbocycles. The van der Waals surface area contributed by atoms with Crippen LogP contribution in [0, 0.1) is 19.7 Å². The molecule has 90 valence electrons. The molecule has 0 amide bonds. The first-order valence-corrected chi connectivity index (χ1v) is 5.65. The Morgan fingerprint density at radius 1 is 1.18 bits per heavy atom. The predicted molar refractivity (Wildman–Crippen MR) is 66.6 cm³/mol. The van der Waals surface area contributed by atoms with Crippen LogP contribution < -0.4 is 5.32 Å². The lowest BCUT2D eigenvalue weighted by Crippen LogP contribution is -2.07. The van der Waals surface area contributed by atoms with Crippen molar-refractivity contribution in [2.75, 3.05) is 5.32 Å². The minimum atomic E-state index is -0.245. The van der Waals surface area contributed by atoms with Crippen LogP contribution in [0.5, 0.6) is 0 Å². The molecule has 0 aliphatic rings. The fraction of sp³-hybridized carbons (Fsp3) is 0.286. The van der Waals surface area contributed by atoms with Gasteiger partial charge in [0.1, 0.15) is 17.3 Å². The smallest absolute Gasteiger partial charge is 0.146 e. The van der Waals surface area contributed by atoms with E-state index in [-0.39, 0.29) is 11.9 Å². The van der Waals surface area contributed by atoms with E-state index in [1.54, 1.807) is 12.1 Å². The number of rotatable bonds is 3. The molecule has 1 heterocycles. The summed E-state index contributed by atoms with van der Waals surface area (Å²) in [5, 5.41) is 3.11. The second-order valence-corrected chi connectivity index (χ2v) is 4.30. The van der Waals surface area contributed by atoms with Gasteiger partial charge in [-0.15, -0.1) is 0 Å². The van der Waals surface area contributed by atoms with E-state index in [1.165, 1.54) is 6.07 Å². The first-order valence-electron chi connectivity index (χ1n) is 5.65. The summed E-state index contributed by atoms with van der Waals surface area (Å²) in [5.41, 5.74) is 1.53. The van der Waals surface area contributed by atoms with Crippen molar-refractivity contribution in [1.82, 2.24) is 0 Å². The average Bonchev–Trinajstić information content (AvgIpc) is 2.70. The molecular formula is C14H16FNO. The zero-order valence-electron chi connectivity index (χ0n) is 10.3. The van der Waals surface area contributed by atoms with Gasteiger partial charge in [-0.3, -0.25) is 0 Å². The van der Waals surface area contributed by atoms with Crippen LogP contribution in [0.4, 0.5) is 10.1 Å². The fourth-order valence-electron chi connectivity index (χ4n) is 1.74. The molecule has 3 heteroatoms. The average molecular weight is 233 g/mol. The molecule has 2 nitrogen and oxygen atoms in total. The zero-order valence-corrected chi connectivity index (χ0v) is 10.3. The highest BCUT2D eigenvalue weighted by molar-refractivity contribution is 5.48. The first-order chi connectivity index (χ1) is 8.06.